The van der Waals surface area contributed by atoms with E-state index in [-0.39, 0.29) is 6.04 Å². The van der Waals surface area contributed by atoms with Gasteiger partial charge in [-0.15, -0.1) is 0 Å². The van der Waals surface area contributed by atoms with Crippen LogP contribution < -0.4 is 5.73 Å². The van der Waals surface area contributed by atoms with Crippen molar-refractivity contribution in [3.05, 3.63) is 75.9 Å². The van der Waals surface area contributed by atoms with Crippen molar-refractivity contribution in [1.82, 2.24) is 4.98 Å². The Hall–Kier alpha value is -1.71. The largest absolute Gasteiger partial charge is 0.324 e. The van der Waals surface area contributed by atoms with E-state index in [0.29, 0.717) is 0 Å². The lowest BCUT2D eigenvalue weighted by Crippen LogP contribution is -2.14. The second kappa shape index (κ2) is 5.96. The molecular formula is C18H17BrN2. The molecule has 0 saturated heterocycles. The number of halogens is 1. The molecule has 1 aromatic heterocycles. The Bertz CT molecular complexity index is 766. The first-order chi connectivity index (χ1) is 10.1. The summed E-state index contributed by atoms with van der Waals surface area (Å²) in [5.74, 6) is 0. The summed E-state index contributed by atoms with van der Waals surface area (Å²) in [5.41, 5.74) is 10.9. The highest BCUT2D eigenvalue weighted by atomic mass is 79.9. The number of pyridine rings is 1. The fraction of sp³-hybridized carbons (Fsp3) is 0.167. The van der Waals surface area contributed by atoms with E-state index in [1.807, 2.05) is 25.1 Å². The minimum Gasteiger partial charge on any atom is -0.324 e. The molecule has 1 heterocycles. The maximum absolute atomic E-state index is 6.46. The minimum absolute atomic E-state index is 0.0298. The van der Waals surface area contributed by atoms with Crippen molar-refractivity contribution < 1.29 is 0 Å². The average Bonchev–Trinajstić information content (AvgIpc) is 2.48. The van der Waals surface area contributed by atoms with Crippen LogP contribution in [-0.4, -0.2) is 4.98 Å². The molecule has 0 bridgehead atoms. The van der Waals surface area contributed by atoms with Crippen LogP contribution in [0.5, 0.6) is 0 Å². The van der Waals surface area contributed by atoms with Gasteiger partial charge in [0.05, 0.1) is 5.52 Å². The average molecular weight is 341 g/mol. The summed E-state index contributed by atoms with van der Waals surface area (Å²) in [6.07, 6.45) is 0.820. The van der Waals surface area contributed by atoms with Crippen molar-refractivity contribution in [3.8, 4) is 0 Å². The summed E-state index contributed by atoms with van der Waals surface area (Å²) >= 11 is 3.46. The highest BCUT2D eigenvalue weighted by molar-refractivity contribution is 9.10. The van der Waals surface area contributed by atoms with E-state index in [2.05, 4.69) is 57.3 Å². The smallest absolute Gasteiger partial charge is 0.0708 e. The van der Waals surface area contributed by atoms with Gasteiger partial charge in [-0.1, -0.05) is 46.3 Å². The number of aromatic nitrogens is 1. The Morgan fingerprint density at radius 2 is 1.81 bits per heavy atom. The molecule has 2 aromatic carbocycles. The van der Waals surface area contributed by atoms with Crippen molar-refractivity contribution in [3.63, 3.8) is 0 Å². The fourth-order valence-corrected chi connectivity index (χ4v) is 2.90. The van der Waals surface area contributed by atoms with E-state index in [1.54, 1.807) is 0 Å². The summed E-state index contributed by atoms with van der Waals surface area (Å²) in [6, 6.07) is 18.6. The van der Waals surface area contributed by atoms with Gasteiger partial charge in [-0.3, -0.25) is 4.98 Å². The molecule has 3 heteroatoms. The molecule has 106 valence electrons. The van der Waals surface area contributed by atoms with Crippen LogP contribution in [0.2, 0.25) is 0 Å². The molecule has 0 spiro atoms. The summed E-state index contributed by atoms with van der Waals surface area (Å²) in [7, 11) is 0. The number of hydrogen-bond donors (Lipinski definition) is 1. The Labute approximate surface area is 133 Å². The summed E-state index contributed by atoms with van der Waals surface area (Å²) in [6.45, 7) is 2.02. The molecule has 1 atom stereocenters. The van der Waals surface area contributed by atoms with Gasteiger partial charge in [0.2, 0.25) is 0 Å². The topological polar surface area (TPSA) is 38.9 Å². The second-order valence-corrected chi connectivity index (χ2v) is 6.22. The van der Waals surface area contributed by atoms with Crippen LogP contribution in [-0.2, 0) is 6.42 Å². The predicted molar refractivity (Wildman–Crippen MR) is 91.3 cm³/mol. The number of benzene rings is 2. The van der Waals surface area contributed by atoms with Gasteiger partial charge in [-0.25, -0.2) is 0 Å². The summed E-state index contributed by atoms with van der Waals surface area (Å²) in [4.78, 5) is 4.58. The van der Waals surface area contributed by atoms with E-state index in [4.69, 9.17) is 5.73 Å². The van der Waals surface area contributed by atoms with Crippen LogP contribution in [0.15, 0.2) is 59.1 Å². The van der Waals surface area contributed by atoms with Crippen LogP contribution in [0.4, 0.5) is 0 Å². The second-order valence-electron chi connectivity index (χ2n) is 5.31. The maximum Gasteiger partial charge on any atom is 0.0708 e. The van der Waals surface area contributed by atoms with E-state index in [9.17, 15) is 0 Å². The molecular weight excluding hydrogens is 324 g/mol. The molecule has 0 aliphatic carbocycles. The van der Waals surface area contributed by atoms with Crippen molar-refractivity contribution in [1.29, 1.82) is 0 Å². The fourth-order valence-electron chi connectivity index (χ4n) is 2.63. The van der Waals surface area contributed by atoms with E-state index in [0.717, 1.165) is 27.5 Å². The number of hydrogen-bond acceptors (Lipinski definition) is 2. The van der Waals surface area contributed by atoms with Gasteiger partial charge in [0, 0.05) is 21.6 Å². The van der Waals surface area contributed by atoms with Crippen molar-refractivity contribution in [2.75, 3.05) is 0 Å². The summed E-state index contributed by atoms with van der Waals surface area (Å²) < 4.78 is 1.09. The Morgan fingerprint density at radius 3 is 2.57 bits per heavy atom. The number of rotatable bonds is 3. The standard InChI is InChI=1S/C18H17BrN2/c1-12-10-16(15-4-2-3-5-18(15)21-12)17(20)11-13-6-8-14(19)9-7-13/h2-10,17H,11,20H2,1H3. The van der Waals surface area contributed by atoms with Gasteiger partial charge in [0.1, 0.15) is 0 Å². The van der Waals surface area contributed by atoms with Crippen LogP contribution >= 0.6 is 15.9 Å². The van der Waals surface area contributed by atoms with Gasteiger partial charge < -0.3 is 5.73 Å². The number of para-hydroxylation sites is 1. The first kappa shape index (κ1) is 14.2. The molecule has 0 aliphatic heterocycles. The molecule has 0 amide bonds. The Morgan fingerprint density at radius 1 is 1.10 bits per heavy atom. The van der Waals surface area contributed by atoms with Gasteiger partial charge in [0.25, 0.3) is 0 Å². The van der Waals surface area contributed by atoms with Crippen molar-refractivity contribution in [2.45, 2.75) is 19.4 Å². The summed E-state index contributed by atoms with van der Waals surface area (Å²) in [5, 5.41) is 1.15. The Balaban J connectivity index is 1.97. The SMILES string of the molecule is Cc1cc(C(N)Cc2ccc(Br)cc2)c2ccccc2n1. The maximum atomic E-state index is 6.46. The van der Waals surface area contributed by atoms with Gasteiger partial charge in [-0.2, -0.15) is 0 Å². The third-order valence-corrected chi connectivity index (χ3v) is 4.17. The normalized spacial score (nSPS) is 12.5. The molecule has 1 unspecified atom stereocenters. The molecule has 2 nitrogen and oxygen atoms in total. The highest BCUT2D eigenvalue weighted by Crippen LogP contribution is 2.25. The minimum atomic E-state index is -0.0298. The van der Waals surface area contributed by atoms with E-state index >= 15 is 0 Å². The van der Waals surface area contributed by atoms with Crippen LogP contribution in [0.1, 0.15) is 22.9 Å². The predicted octanol–water partition coefficient (Wildman–Crippen LogP) is 4.55. The number of aryl methyl sites for hydroxylation is 1. The number of nitrogens with two attached hydrogens (primary N) is 1. The monoisotopic (exact) mass is 340 g/mol. The lowest BCUT2D eigenvalue weighted by Gasteiger charge is -2.15. The zero-order valence-electron chi connectivity index (χ0n) is 11.9. The van der Waals surface area contributed by atoms with Crippen LogP contribution in [0.25, 0.3) is 10.9 Å². The zero-order valence-corrected chi connectivity index (χ0v) is 13.5. The van der Waals surface area contributed by atoms with E-state index in [1.165, 1.54) is 11.1 Å². The van der Waals surface area contributed by atoms with Crippen LogP contribution in [0.3, 0.4) is 0 Å². The van der Waals surface area contributed by atoms with Gasteiger partial charge in [0.15, 0.2) is 0 Å². The molecule has 3 aromatic rings. The third-order valence-electron chi connectivity index (χ3n) is 3.64. The molecule has 21 heavy (non-hydrogen) atoms. The highest BCUT2D eigenvalue weighted by Gasteiger charge is 2.12. The lowest BCUT2D eigenvalue weighted by molar-refractivity contribution is 0.726. The van der Waals surface area contributed by atoms with Gasteiger partial charge >= 0.3 is 0 Å². The van der Waals surface area contributed by atoms with Crippen molar-refractivity contribution >= 4 is 26.8 Å². The quantitative estimate of drug-likeness (QED) is 0.759. The van der Waals surface area contributed by atoms with Crippen molar-refractivity contribution in [2.24, 2.45) is 5.73 Å². The van der Waals surface area contributed by atoms with E-state index < -0.39 is 0 Å². The van der Waals surface area contributed by atoms with Crippen LogP contribution in [0, 0.1) is 6.92 Å². The molecule has 0 radical (unpaired) electrons. The Kier molecular flexibility index (Phi) is 4.04. The first-order valence-corrected chi connectivity index (χ1v) is 7.79. The third kappa shape index (κ3) is 3.14. The molecule has 0 aliphatic rings. The number of fused-ring (bicyclic) bond motifs is 1. The lowest BCUT2D eigenvalue weighted by atomic mass is 9.96. The molecule has 0 saturated carbocycles. The first-order valence-electron chi connectivity index (χ1n) is 7.00. The van der Waals surface area contributed by atoms with Gasteiger partial charge in [-0.05, 0) is 48.7 Å². The number of nitrogens with zero attached hydrogens (tertiary/aromatic N) is 1. The molecule has 2 N–H and O–H groups in total. The molecule has 3 rings (SSSR count). The molecule has 0 fully saturated rings. The zero-order chi connectivity index (χ0) is 14.8.